The molecule has 0 aliphatic carbocycles. The molecule has 29 heavy (non-hydrogen) atoms. The van der Waals surface area contributed by atoms with Crippen LogP contribution in [0.2, 0.25) is 0 Å². The maximum atomic E-state index is 6.05. The van der Waals surface area contributed by atoms with Crippen molar-refractivity contribution in [1.29, 1.82) is 0 Å². The number of hydrogen-bond acceptors (Lipinski definition) is 4. The molecule has 3 aromatic carbocycles. The Kier molecular flexibility index (Phi) is 5.76. The van der Waals surface area contributed by atoms with Gasteiger partial charge in [-0.3, -0.25) is 5.10 Å². The zero-order valence-electron chi connectivity index (χ0n) is 16.0. The minimum Gasteiger partial charge on any atom is -0.493 e. The van der Waals surface area contributed by atoms with Gasteiger partial charge in [-0.05, 0) is 35.9 Å². The number of nitrogens with zero attached hydrogens (tertiary/aromatic N) is 1. The minimum atomic E-state index is 0.382. The first-order chi connectivity index (χ1) is 14.3. The molecule has 0 saturated carbocycles. The van der Waals surface area contributed by atoms with Crippen molar-refractivity contribution in [3.05, 3.63) is 96.2 Å². The monoisotopic (exact) mass is 385 g/mol. The summed E-state index contributed by atoms with van der Waals surface area (Å²) in [6, 6.07) is 27.6. The third-order valence-corrected chi connectivity index (χ3v) is 4.54. The second kappa shape index (κ2) is 8.97. The summed E-state index contributed by atoms with van der Waals surface area (Å²) in [6.45, 7) is 0.990. The molecule has 0 spiro atoms. The number of nitrogen functional groups attached to an aromatic ring is 1. The van der Waals surface area contributed by atoms with Crippen molar-refractivity contribution >= 4 is 5.69 Å². The van der Waals surface area contributed by atoms with Crippen LogP contribution in [0.15, 0.2) is 84.9 Å². The number of rotatable bonds is 8. The number of aromatic nitrogens is 2. The maximum Gasteiger partial charge on any atom is 0.130 e. The molecule has 5 nitrogen and oxygen atoms in total. The summed E-state index contributed by atoms with van der Waals surface area (Å²) in [5, 5.41) is 7.47. The number of anilines is 1. The highest BCUT2D eigenvalue weighted by Gasteiger charge is 2.10. The van der Waals surface area contributed by atoms with E-state index in [1.807, 2.05) is 66.7 Å². The second-order valence-electron chi connectivity index (χ2n) is 6.72. The first-order valence-electron chi connectivity index (χ1n) is 9.57. The van der Waals surface area contributed by atoms with Crippen molar-refractivity contribution in [2.45, 2.75) is 13.0 Å². The van der Waals surface area contributed by atoms with Crippen molar-refractivity contribution in [1.82, 2.24) is 10.2 Å². The van der Waals surface area contributed by atoms with Crippen LogP contribution < -0.4 is 15.2 Å². The highest BCUT2D eigenvalue weighted by atomic mass is 16.5. The lowest BCUT2D eigenvalue weighted by atomic mass is 10.1. The summed E-state index contributed by atoms with van der Waals surface area (Å²) in [5.41, 5.74) is 10.4. The van der Waals surface area contributed by atoms with Crippen LogP contribution >= 0.6 is 0 Å². The van der Waals surface area contributed by atoms with Crippen LogP contribution in [0.5, 0.6) is 11.5 Å². The van der Waals surface area contributed by atoms with Crippen molar-refractivity contribution in [2.75, 3.05) is 12.3 Å². The van der Waals surface area contributed by atoms with Crippen molar-refractivity contribution in [3.8, 4) is 22.8 Å². The first kappa shape index (κ1) is 18.6. The first-order valence-corrected chi connectivity index (χ1v) is 9.57. The van der Waals surface area contributed by atoms with Gasteiger partial charge < -0.3 is 15.2 Å². The Bertz CT molecular complexity index is 1060. The summed E-state index contributed by atoms with van der Waals surface area (Å²) in [5.74, 6) is 1.55. The van der Waals surface area contributed by atoms with Gasteiger partial charge in [-0.2, -0.15) is 5.10 Å². The molecule has 1 heterocycles. The fourth-order valence-corrected chi connectivity index (χ4v) is 3.07. The Morgan fingerprint density at radius 3 is 2.52 bits per heavy atom. The van der Waals surface area contributed by atoms with E-state index >= 15 is 0 Å². The largest absolute Gasteiger partial charge is 0.493 e. The van der Waals surface area contributed by atoms with E-state index in [2.05, 4.69) is 22.3 Å². The lowest BCUT2D eigenvalue weighted by Crippen LogP contribution is -2.02. The van der Waals surface area contributed by atoms with Gasteiger partial charge in [0.05, 0.1) is 18.0 Å². The van der Waals surface area contributed by atoms with Crippen LogP contribution in [0.3, 0.4) is 0 Å². The number of nitrogens with two attached hydrogens (primary N) is 1. The van der Waals surface area contributed by atoms with Gasteiger partial charge in [0.15, 0.2) is 0 Å². The van der Waals surface area contributed by atoms with Crippen molar-refractivity contribution in [2.24, 2.45) is 0 Å². The standard InChI is InChI=1S/C24H23N3O2/c25-19-9-6-10-21(15-19)29-17-20-16-23(27-26-20)22-11-4-5-12-24(22)28-14-13-18-7-2-1-3-8-18/h1-12,15-16H,13-14,17,25H2,(H,26,27). The lowest BCUT2D eigenvalue weighted by molar-refractivity contribution is 0.301. The summed E-state index contributed by atoms with van der Waals surface area (Å²) in [4.78, 5) is 0. The van der Waals surface area contributed by atoms with Crippen LogP contribution in [0.1, 0.15) is 11.3 Å². The highest BCUT2D eigenvalue weighted by Crippen LogP contribution is 2.29. The Morgan fingerprint density at radius 2 is 1.66 bits per heavy atom. The van der Waals surface area contributed by atoms with E-state index in [1.54, 1.807) is 6.07 Å². The van der Waals surface area contributed by atoms with Gasteiger partial charge >= 0.3 is 0 Å². The van der Waals surface area contributed by atoms with Gasteiger partial charge in [-0.25, -0.2) is 0 Å². The average Bonchev–Trinajstić information content (AvgIpc) is 3.22. The molecule has 0 aliphatic heterocycles. The Morgan fingerprint density at radius 1 is 0.828 bits per heavy atom. The van der Waals surface area contributed by atoms with Gasteiger partial charge in [0.1, 0.15) is 18.1 Å². The van der Waals surface area contributed by atoms with E-state index in [4.69, 9.17) is 15.2 Å². The molecule has 0 saturated heterocycles. The van der Waals surface area contributed by atoms with Gasteiger partial charge in [0, 0.05) is 23.7 Å². The van der Waals surface area contributed by atoms with Gasteiger partial charge in [-0.1, -0.05) is 48.5 Å². The predicted molar refractivity (Wildman–Crippen MR) is 115 cm³/mol. The molecule has 3 N–H and O–H groups in total. The smallest absolute Gasteiger partial charge is 0.130 e. The van der Waals surface area contributed by atoms with E-state index in [0.717, 1.165) is 34.9 Å². The normalized spacial score (nSPS) is 10.6. The quantitative estimate of drug-likeness (QED) is 0.425. The van der Waals surface area contributed by atoms with Gasteiger partial charge in [0.2, 0.25) is 0 Å². The van der Waals surface area contributed by atoms with Crippen LogP contribution in [0, 0.1) is 0 Å². The maximum absolute atomic E-state index is 6.05. The Balaban J connectivity index is 1.41. The fourth-order valence-electron chi connectivity index (χ4n) is 3.07. The second-order valence-corrected chi connectivity index (χ2v) is 6.72. The fraction of sp³-hybridized carbons (Fsp3) is 0.125. The van der Waals surface area contributed by atoms with Crippen LogP contribution in [0.25, 0.3) is 11.3 Å². The van der Waals surface area contributed by atoms with Gasteiger partial charge in [0.25, 0.3) is 0 Å². The van der Waals surface area contributed by atoms with Crippen molar-refractivity contribution < 1.29 is 9.47 Å². The summed E-state index contributed by atoms with van der Waals surface area (Å²) >= 11 is 0. The Hall–Kier alpha value is -3.73. The number of benzene rings is 3. The number of nitrogens with one attached hydrogen (secondary N) is 1. The number of ether oxygens (including phenoxy) is 2. The summed E-state index contributed by atoms with van der Waals surface area (Å²) < 4.78 is 11.8. The molecule has 5 heteroatoms. The summed E-state index contributed by atoms with van der Waals surface area (Å²) in [7, 11) is 0. The van der Waals surface area contributed by atoms with Gasteiger partial charge in [-0.15, -0.1) is 0 Å². The third kappa shape index (κ3) is 4.96. The molecule has 4 aromatic rings. The number of H-pyrrole nitrogens is 1. The van der Waals surface area contributed by atoms with E-state index < -0.39 is 0 Å². The zero-order chi connectivity index (χ0) is 19.9. The molecule has 0 amide bonds. The minimum absolute atomic E-state index is 0.382. The average molecular weight is 385 g/mol. The topological polar surface area (TPSA) is 73.2 Å². The van der Waals surface area contributed by atoms with E-state index in [9.17, 15) is 0 Å². The molecule has 0 aliphatic rings. The SMILES string of the molecule is Nc1cccc(OCc2cc(-c3ccccc3OCCc3ccccc3)n[nH]2)c1. The molecule has 4 rings (SSSR count). The molecule has 0 radical (unpaired) electrons. The summed E-state index contributed by atoms with van der Waals surface area (Å²) in [6.07, 6.45) is 0.856. The molecule has 0 unspecified atom stereocenters. The highest BCUT2D eigenvalue weighted by molar-refractivity contribution is 5.67. The molecule has 1 aromatic heterocycles. The number of hydrogen-bond donors (Lipinski definition) is 2. The van der Waals surface area contributed by atoms with Crippen LogP contribution in [-0.4, -0.2) is 16.8 Å². The molecule has 0 atom stereocenters. The molecule has 146 valence electrons. The van der Waals surface area contributed by atoms with Crippen LogP contribution in [-0.2, 0) is 13.0 Å². The molecular weight excluding hydrogens is 362 g/mol. The predicted octanol–water partition coefficient (Wildman–Crippen LogP) is 4.86. The molecule has 0 fully saturated rings. The number of para-hydroxylation sites is 1. The number of aromatic amines is 1. The zero-order valence-corrected chi connectivity index (χ0v) is 16.0. The lowest BCUT2D eigenvalue weighted by Gasteiger charge is -2.10. The van der Waals surface area contributed by atoms with E-state index in [1.165, 1.54) is 5.56 Å². The van der Waals surface area contributed by atoms with E-state index in [0.29, 0.717) is 18.9 Å². The van der Waals surface area contributed by atoms with E-state index in [-0.39, 0.29) is 0 Å². The van der Waals surface area contributed by atoms with Crippen molar-refractivity contribution in [3.63, 3.8) is 0 Å². The molecule has 0 bridgehead atoms. The molecular formula is C24H23N3O2. The third-order valence-electron chi connectivity index (χ3n) is 4.54. The Labute approximate surface area is 170 Å². The van der Waals surface area contributed by atoms with Crippen LogP contribution in [0.4, 0.5) is 5.69 Å².